The number of piperidine rings is 1. The third-order valence-corrected chi connectivity index (χ3v) is 7.05. The van der Waals surface area contributed by atoms with E-state index in [1.165, 1.54) is 5.56 Å². The van der Waals surface area contributed by atoms with Crippen molar-refractivity contribution < 1.29 is 9.59 Å². The highest BCUT2D eigenvalue weighted by atomic mass is 16.2. The van der Waals surface area contributed by atoms with Gasteiger partial charge in [-0.25, -0.2) is 4.98 Å². The number of fused-ring (bicyclic) bond motifs is 1. The van der Waals surface area contributed by atoms with Crippen molar-refractivity contribution in [3.8, 4) is 0 Å². The topological polar surface area (TPSA) is 57.9 Å². The molecule has 6 nitrogen and oxygen atoms in total. The number of hydrogen-bond donors (Lipinski definition) is 0. The average molecular weight is 417 g/mol. The van der Waals surface area contributed by atoms with Crippen LogP contribution in [-0.2, 0) is 15.0 Å². The molecule has 2 amide bonds. The third kappa shape index (κ3) is 3.40. The molecule has 2 aromatic heterocycles. The molecule has 0 N–H and O–H groups in total. The number of pyridine rings is 1. The minimum Gasteiger partial charge on any atom is -0.342 e. The zero-order valence-electron chi connectivity index (χ0n) is 17.9. The number of imidazole rings is 1. The van der Waals surface area contributed by atoms with Gasteiger partial charge in [0.15, 0.2) is 0 Å². The first-order valence-electron chi connectivity index (χ1n) is 11.2. The Morgan fingerprint density at radius 3 is 2.52 bits per heavy atom. The van der Waals surface area contributed by atoms with Crippen LogP contribution in [-0.4, -0.2) is 57.2 Å². The number of rotatable bonds is 4. The van der Waals surface area contributed by atoms with E-state index in [1.807, 2.05) is 42.3 Å². The summed E-state index contributed by atoms with van der Waals surface area (Å²) in [5, 5.41) is 0. The Balaban J connectivity index is 1.41. The quantitative estimate of drug-likeness (QED) is 0.657. The number of nitrogens with zero attached hydrogens (tertiary/aromatic N) is 4. The molecule has 5 rings (SSSR count). The summed E-state index contributed by atoms with van der Waals surface area (Å²) in [5.74, 6) is 0.0222. The second kappa shape index (κ2) is 7.84. The molecular weight excluding hydrogens is 388 g/mol. The lowest BCUT2D eigenvalue weighted by Gasteiger charge is -2.42. The van der Waals surface area contributed by atoms with Gasteiger partial charge in [-0.05, 0) is 37.5 Å². The van der Waals surface area contributed by atoms with Crippen molar-refractivity contribution in [1.82, 2.24) is 19.2 Å². The molecule has 160 valence electrons. The van der Waals surface area contributed by atoms with E-state index in [9.17, 15) is 9.59 Å². The van der Waals surface area contributed by atoms with Gasteiger partial charge in [-0.1, -0.05) is 36.4 Å². The van der Waals surface area contributed by atoms with Gasteiger partial charge in [0, 0.05) is 50.4 Å². The molecule has 2 saturated heterocycles. The number of likely N-dealkylation sites (tertiary alicyclic amines) is 2. The van der Waals surface area contributed by atoms with Crippen molar-refractivity contribution in [1.29, 1.82) is 0 Å². The van der Waals surface area contributed by atoms with Crippen molar-refractivity contribution in [3.63, 3.8) is 0 Å². The Labute approximate surface area is 182 Å². The first-order valence-corrected chi connectivity index (χ1v) is 11.2. The van der Waals surface area contributed by atoms with E-state index in [1.54, 1.807) is 4.90 Å². The smallest absolute Gasteiger partial charge is 0.227 e. The highest BCUT2D eigenvalue weighted by molar-refractivity contribution is 5.89. The first-order chi connectivity index (χ1) is 15.1. The van der Waals surface area contributed by atoms with Crippen LogP contribution < -0.4 is 0 Å². The van der Waals surface area contributed by atoms with E-state index in [-0.39, 0.29) is 23.1 Å². The van der Waals surface area contributed by atoms with E-state index < -0.39 is 0 Å². The lowest BCUT2D eigenvalue weighted by molar-refractivity contribution is -0.137. The van der Waals surface area contributed by atoms with Gasteiger partial charge in [0.05, 0.1) is 11.6 Å². The second-order valence-corrected chi connectivity index (χ2v) is 8.70. The lowest BCUT2D eigenvalue weighted by atomic mass is 9.70. The Kier molecular flexibility index (Phi) is 5.00. The van der Waals surface area contributed by atoms with Crippen molar-refractivity contribution in [2.24, 2.45) is 5.92 Å². The van der Waals surface area contributed by atoms with Crippen molar-refractivity contribution >= 4 is 17.5 Å². The monoisotopic (exact) mass is 416 g/mol. The zero-order chi connectivity index (χ0) is 21.4. The predicted molar refractivity (Wildman–Crippen MR) is 119 cm³/mol. The van der Waals surface area contributed by atoms with E-state index >= 15 is 0 Å². The molecule has 31 heavy (non-hydrogen) atoms. The first kappa shape index (κ1) is 19.8. The molecule has 0 spiro atoms. The predicted octanol–water partition coefficient (Wildman–Crippen LogP) is 3.11. The van der Waals surface area contributed by atoms with E-state index in [0.717, 1.165) is 24.2 Å². The number of carbonyl (C=O) groups is 2. The molecule has 0 saturated carbocycles. The van der Waals surface area contributed by atoms with Crippen molar-refractivity contribution in [2.75, 3.05) is 26.2 Å². The number of benzene rings is 1. The van der Waals surface area contributed by atoms with Gasteiger partial charge in [0.2, 0.25) is 11.8 Å². The molecule has 2 aliphatic heterocycles. The van der Waals surface area contributed by atoms with Crippen LogP contribution in [0.5, 0.6) is 0 Å². The van der Waals surface area contributed by atoms with E-state index in [0.29, 0.717) is 32.6 Å². The summed E-state index contributed by atoms with van der Waals surface area (Å²) >= 11 is 0. The van der Waals surface area contributed by atoms with Crippen LogP contribution in [0.3, 0.4) is 0 Å². The maximum Gasteiger partial charge on any atom is 0.227 e. The molecule has 2 fully saturated rings. The van der Waals surface area contributed by atoms with Gasteiger partial charge in [-0.3, -0.25) is 9.59 Å². The number of carbonyl (C=O) groups excluding carboxylic acids is 2. The SMILES string of the molecule is CCN1CC(C(=O)N2CCC(c3ccccc3)(c3cn4ccccc4n3)CC2)CC1=O. The van der Waals surface area contributed by atoms with Gasteiger partial charge in [0.1, 0.15) is 5.65 Å². The van der Waals surface area contributed by atoms with Crippen molar-refractivity contribution in [3.05, 3.63) is 72.2 Å². The molecule has 1 unspecified atom stereocenters. The molecule has 1 atom stereocenters. The maximum atomic E-state index is 13.2. The highest BCUT2D eigenvalue weighted by Crippen LogP contribution is 2.41. The molecule has 0 radical (unpaired) electrons. The summed E-state index contributed by atoms with van der Waals surface area (Å²) in [6, 6.07) is 16.6. The van der Waals surface area contributed by atoms with E-state index in [4.69, 9.17) is 4.98 Å². The summed E-state index contributed by atoms with van der Waals surface area (Å²) in [7, 11) is 0. The highest BCUT2D eigenvalue weighted by Gasteiger charge is 2.43. The fourth-order valence-electron chi connectivity index (χ4n) is 5.23. The van der Waals surface area contributed by atoms with Crippen molar-refractivity contribution in [2.45, 2.75) is 31.6 Å². The van der Waals surface area contributed by atoms with Gasteiger partial charge < -0.3 is 14.2 Å². The largest absolute Gasteiger partial charge is 0.342 e. The Hall–Kier alpha value is -3.15. The average Bonchev–Trinajstić information content (AvgIpc) is 3.43. The molecule has 0 aliphatic carbocycles. The van der Waals surface area contributed by atoms with Gasteiger partial charge in [-0.15, -0.1) is 0 Å². The summed E-state index contributed by atoms with van der Waals surface area (Å²) in [6.45, 7) is 4.56. The maximum absolute atomic E-state index is 13.2. The molecule has 1 aromatic carbocycles. The fraction of sp³-hybridized carbons (Fsp3) is 0.400. The minimum atomic E-state index is -0.217. The summed E-state index contributed by atoms with van der Waals surface area (Å²) in [5.41, 5.74) is 3.03. The van der Waals surface area contributed by atoms with Crippen LogP contribution in [0.15, 0.2) is 60.9 Å². The minimum absolute atomic E-state index is 0.0983. The molecule has 2 aliphatic rings. The normalized spacial score (nSPS) is 21.1. The standard InChI is InChI=1S/C25H28N4O2/c1-2-27-17-19(16-23(27)30)24(31)28-14-11-25(12-15-28,20-8-4-3-5-9-20)21-18-29-13-7-6-10-22(29)26-21/h3-10,13,18-19H,2,11-12,14-17H2,1H3. The number of hydrogen-bond acceptors (Lipinski definition) is 3. The molecule has 0 bridgehead atoms. The van der Waals surface area contributed by atoms with Crippen LogP contribution >= 0.6 is 0 Å². The molecule has 6 heteroatoms. The van der Waals surface area contributed by atoms with Crippen LogP contribution in [0.2, 0.25) is 0 Å². The fourth-order valence-corrected chi connectivity index (χ4v) is 5.23. The van der Waals surface area contributed by atoms with Crippen LogP contribution in [0.25, 0.3) is 5.65 Å². The van der Waals surface area contributed by atoms with Gasteiger partial charge >= 0.3 is 0 Å². The summed E-state index contributed by atoms with van der Waals surface area (Å²) in [6.07, 6.45) is 6.16. The summed E-state index contributed by atoms with van der Waals surface area (Å²) in [4.78, 5) is 34.0. The molecular formula is C25H28N4O2. The lowest BCUT2D eigenvalue weighted by Crippen LogP contribution is -2.48. The molecule has 3 aromatic rings. The zero-order valence-corrected chi connectivity index (χ0v) is 17.9. The van der Waals surface area contributed by atoms with E-state index in [2.05, 4.69) is 34.9 Å². The number of aromatic nitrogens is 2. The van der Waals surface area contributed by atoms with Crippen LogP contribution in [0.4, 0.5) is 0 Å². The Morgan fingerprint density at radius 1 is 1.10 bits per heavy atom. The Morgan fingerprint density at radius 2 is 1.84 bits per heavy atom. The second-order valence-electron chi connectivity index (χ2n) is 8.70. The van der Waals surface area contributed by atoms with Gasteiger partial charge in [0.25, 0.3) is 0 Å². The number of amides is 2. The summed E-state index contributed by atoms with van der Waals surface area (Å²) < 4.78 is 2.07. The Bertz CT molecular complexity index is 1070. The third-order valence-electron chi connectivity index (χ3n) is 7.05. The van der Waals surface area contributed by atoms with Crippen LogP contribution in [0, 0.1) is 5.92 Å². The molecule has 4 heterocycles. The van der Waals surface area contributed by atoms with Crippen LogP contribution in [0.1, 0.15) is 37.4 Å². The van der Waals surface area contributed by atoms with Gasteiger partial charge in [-0.2, -0.15) is 0 Å².